The fourth-order valence-corrected chi connectivity index (χ4v) is 21.1. The Hall–Kier alpha value is 0.976. The first-order valence-electron chi connectivity index (χ1n) is 5.56. The molecule has 0 aromatic carbocycles. The van der Waals surface area contributed by atoms with Crippen LogP contribution in [0.1, 0.15) is 13.8 Å². The average Bonchev–Trinajstić information content (AvgIpc) is 1.75. The molecule has 0 saturated carbocycles. The van der Waals surface area contributed by atoms with Crippen molar-refractivity contribution < 1.29 is 5.11 Å². The number of rotatable bonds is 4. The van der Waals surface area contributed by atoms with Crippen LogP contribution >= 0.6 is 0 Å². The van der Waals surface area contributed by atoms with Gasteiger partial charge in [0.1, 0.15) is 0 Å². The van der Waals surface area contributed by atoms with Crippen molar-refractivity contribution >= 4 is 26.5 Å². The molecule has 0 rings (SSSR count). The van der Waals surface area contributed by atoms with Crippen molar-refractivity contribution in [3.8, 4) is 0 Å². The molecule has 0 aliphatic heterocycles. The predicted molar refractivity (Wildman–Crippen MR) is 71.5 cm³/mol. The van der Waals surface area contributed by atoms with Crippen LogP contribution in [-0.4, -0.2) is 37.2 Å². The second-order valence-electron chi connectivity index (χ2n) is 7.34. The van der Waals surface area contributed by atoms with Crippen molar-refractivity contribution in [2.45, 2.75) is 63.9 Å². The van der Waals surface area contributed by atoms with E-state index in [4.69, 9.17) is 0 Å². The fraction of sp³-hybridized carbons (Fsp3) is 1.00. The summed E-state index contributed by atoms with van der Waals surface area (Å²) in [6, 6.07) is 1.29. The van der Waals surface area contributed by atoms with E-state index in [2.05, 4.69) is 34.5 Å². The molecular weight excluding hydrogens is 295 g/mol. The first-order valence-corrected chi connectivity index (χ1v) is 19.5. The van der Waals surface area contributed by atoms with Crippen molar-refractivity contribution in [3.05, 3.63) is 0 Å². The Labute approximate surface area is 95.2 Å². The van der Waals surface area contributed by atoms with Crippen molar-refractivity contribution in [1.29, 1.82) is 0 Å². The number of hydrogen-bond acceptors (Lipinski definition) is 1. The molecule has 1 atom stereocenters. The molecule has 0 aromatic rings. The molecule has 0 bridgehead atoms. The van der Waals surface area contributed by atoms with Crippen LogP contribution in [0.3, 0.4) is 0 Å². The van der Waals surface area contributed by atoms with Gasteiger partial charge in [0.2, 0.25) is 0 Å². The minimum atomic E-state index is -1.98. The SMILES string of the molecule is CC(C)(O)[CH](C[Si](C)(C)C)[Sn]([CH3])([CH3])[CH3]. The molecule has 0 radical (unpaired) electrons. The van der Waals surface area contributed by atoms with Gasteiger partial charge in [-0.25, -0.2) is 0 Å². The summed E-state index contributed by atoms with van der Waals surface area (Å²) < 4.78 is 0.600. The Balaban J connectivity index is 4.78. The summed E-state index contributed by atoms with van der Waals surface area (Å²) in [5.41, 5.74) is -0.464. The Bertz CT molecular complexity index is 169. The molecule has 1 N–H and O–H groups in total. The van der Waals surface area contributed by atoms with Crippen molar-refractivity contribution in [2.24, 2.45) is 0 Å². The van der Waals surface area contributed by atoms with Gasteiger partial charge in [-0.2, -0.15) is 0 Å². The Kier molecular flexibility index (Phi) is 4.77. The Morgan fingerprint density at radius 1 is 1.14 bits per heavy atom. The molecule has 0 aliphatic rings. The van der Waals surface area contributed by atoms with Gasteiger partial charge < -0.3 is 0 Å². The number of hydrogen-bond donors (Lipinski definition) is 1. The molecule has 0 heterocycles. The maximum absolute atomic E-state index is 10.3. The summed E-state index contributed by atoms with van der Waals surface area (Å²) >= 11 is -1.98. The van der Waals surface area contributed by atoms with E-state index in [1.54, 1.807) is 0 Å². The summed E-state index contributed by atoms with van der Waals surface area (Å²) in [5, 5.41) is 10.3. The van der Waals surface area contributed by atoms with Crippen LogP contribution in [0.25, 0.3) is 0 Å². The van der Waals surface area contributed by atoms with Gasteiger partial charge in [0, 0.05) is 0 Å². The number of aliphatic hydroxyl groups is 1. The van der Waals surface area contributed by atoms with Gasteiger partial charge in [-0.15, -0.1) is 0 Å². The summed E-state index contributed by atoms with van der Waals surface area (Å²) in [6.45, 7) is 11.2. The molecule has 1 unspecified atom stereocenters. The maximum atomic E-state index is 10.3. The summed E-state index contributed by atoms with van der Waals surface area (Å²) in [6.07, 6.45) is 0. The molecular formula is C11H28OSiSn. The van der Waals surface area contributed by atoms with Crippen LogP contribution in [0.2, 0.25) is 44.4 Å². The van der Waals surface area contributed by atoms with E-state index >= 15 is 0 Å². The van der Waals surface area contributed by atoms with Crippen LogP contribution in [0, 0.1) is 0 Å². The van der Waals surface area contributed by atoms with Gasteiger partial charge >= 0.3 is 95.4 Å². The van der Waals surface area contributed by atoms with E-state index in [9.17, 15) is 5.11 Å². The van der Waals surface area contributed by atoms with Crippen LogP contribution in [0.5, 0.6) is 0 Å². The molecule has 0 saturated heterocycles. The standard InChI is InChI=1S/C8H19OSi.3CH3.Sn/c1-8(2,9)6-7-10(3,4)5;;;;/h6,9H,7H2,1-5H3;3*1H3;. The monoisotopic (exact) mass is 324 g/mol. The third kappa shape index (κ3) is 5.76. The van der Waals surface area contributed by atoms with Gasteiger partial charge in [0.05, 0.1) is 0 Å². The van der Waals surface area contributed by atoms with Crippen molar-refractivity contribution in [3.63, 3.8) is 0 Å². The Morgan fingerprint density at radius 2 is 1.50 bits per heavy atom. The van der Waals surface area contributed by atoms with E-state index < -0.39 is 32.1 Å². The van der Waals surface area contributed by atoms with Crippen LogP contribution in [-0.2, 0) is 0 Å². The first-order chi connectivity index (χ1) is 5.84. The summed E-state index contributed by atoms with van der Waals surface area (Å²) in [5.74, 6) is 0. The second kappa shape index (κ2) is 4.46. The normalized spacial score (nSPS) is 16.9. The molecule has 0 amide bonds. The molecule has 0 fully saturated rings. The molecule has 14 heavy (non-hydrogen) atoms. The predicted octanol–water partition coefficient (Wildman–Crippen LogP) is 3.80. The summed E-state index contributed by atoms with van der Waals surface area (Å²) in [7, 11) is -1.05. The minimum absolute atomic E-state index is 0.464. The molecule has 0 aromatic heterocycles. The van der Waals surface area contributed by atoms with E-state index in [1.165, 1.54) is 6.04 Å². The third-order valence-corrected chi connectivity index (χ3v) is 14.1. The zero-order chi connectivity index (χ0) is 11.8. The molecule has 86 valence electrons. The molecule has 3 heteroatoms. The zero-order valence-corrected chi connectivity index (χ0v) is 15.1. The molecule has 0 spiro atoms. The van der Waals surface area contributed by atoms with Crippen molar-refractivity contribution in [2.75, 3.05) is 0 Å². The van der Waals surface area contributed by atoms with Gasteiger partial charge in [-0.05, 0) is 0 Å². The van der Waals surface area contributed by atoms with Crippen LogP contribution in [0.15, 0.2) is 0 Å². The topological polar surface area (TPSA) is 20.2 Å². The van der Waals surface area contributed by atoms with E-state index in [0.717, 1.165) is 0 Å². The van der Waals surface area contributed by atoms with Gasteiger partial charge in [-0.1, -0.05) is 0 Å². The van der Waals surface area contributed by atoms with Gasteiger partial charge in [0.25, 0.3) is 0 Å². The summed E-state index contributed by atoms with van der Waals surface area (Å²) in [4.78, 5) is 7.33. The van der Waals surface area contributed by atoms with E-state index in [-0.39, 0.29) is 0 Å². The van der Waals surface area contributed by atoms with E-state index in [1.807, 2.05) is 13.8 Å². The second-order valence-corrected chi connectivity index (χ2v) is 28.4. The fourth-order valence-electron chi connectivity index (χ4n) is 2.23. The zero-order valence-electron chi connectivity index (χ0n) is 11.2. The molecule has 0 aliphatic carbocycles. The average molecular weight is 323 g/mol. The quantitative estimate of drug-likeness (QED) is 0.780. The van der Waals surface area contributed by atoms with Crippen molar-refractivity contribution in [1.82, 2.24) is 0 Å². The van der Waals surface area contributed by atoms with Crippen LogP contribution in [0.4, 0.5) is 0 Å². The van der Waals surface area contributed by atoms with Gasteiger partial charge in [-0.3, -0.25) is 0 Å². The molecule has 1 nitrogen and oxygen atoms in total. The Morgan fingerprint density at radius 3 is 1.57 bits per heavy atom. The van der Waals surface area contributed by atoms with Crippen LogP contribution < -0.4 is 0 Å². The third-order valence-electron chi connectivity index (χ3n) is 2.71. The van der Waals surface area contributed by atoms with Gasteiger partial charge in [0.15, 0.2) is 0 Å². The first kappa shape index (κ1) is 15.0. The van der Waals surface area contributed by atoms with E-state index in [0.29, 0.717) is 3.93 Å².